The zero-order valence-corrected chi connectivity index (χ0v) is 20.7. The van der Waals surface area contributed by atoms with Gasteiger partial charge >= 0.3 is 5.97 Å². The van der Waals surface area contributed by atoms with E-state index in [0.29, 0.717) is 41.9 Å². The number of Topliss-reactive ketones (excluding diaryl/α,β-unsaturated/α-hetero) is 1. The Balaban J connectivity index is 1.69. The van der Waals surface area contributed by atoms with Crippen LogP contribution < -0.4 is 4.74 Å². The molecule has 3 N–H and O–H groups in total. The normalized spacial score (nSPS) is 19.8. The molecule has 194 valence electrons. The molecule has 0 radical (unpaired) electrons. The number of carboxylic acids is 1. The highest BCUT2D eigenvalue weighted by molar-refractivity contribution is 6.01. The van der Waals surface area contributed by atoms with Crippen molar-refractivity contribution in [3.63, 3.8) is 0 Å². The molecule has 1 heterocycles. The van der Waals surface area contributed by atoms with Crippen LogP contribution in [0.5, 0.6) is 11.5 Å². The van der Waals surface area contributed by atoms with Crippen LogP contribution in [-0.2, 0) is 25.5 Å². The first-order chi connectivity index (χ1) is 17.2. The Kier molecular flexibility index (Phi) is 8.93. The van der Waals surface area contributed by atoms with Crippen molar-refractivity contribution in [2.24, 2.45) is 5.92 Å². The number of ether oxygens (including phenoxy) is 3. The second-order valence-corrected chi connectivity index (χ2v) is 8.80. The van der Waals surface area contributed by atoms with E-state index in [1.165, 1.54) is 13.0 Å². The summed E-state index contributed by atoms with van der Waals surface area (Å²) < 4.78 is 17.2. The standard InChI is InChI=1S/C27H32O9/c1-4-6-19-22(10-8-17(15(3)28)25(19)31)34-13-16(29)14-35-23-11-9-18-21(30)12-24(27(32)33)36-26(18)20(23)7-5-2/h8-12,16,18,26,29,31H,4-7,13-14H2,1-3H3,(H,32,33). The van der Waals surface area contributed by atoms with Crippen LogP contribution in [0, 0.1) is 5.92 Å². The molecule has 36 heavy (non-hydrogen) atoms. The lowest BCUT2D eigenvalue weighted by Gasteiger charge is -2.33. The Hall–Kier alpha value is -3.59. The molecule has 3 unspecified atom stereocenters. The number of carbonyl (C=O) groups is 3. The van der Waals surface area contributed by atoms with E-state index < -0.39 is 29.9 Å². The molecule has 9 heteroatoms. The Morgan fingerprint density at radius 3 is 2.44 bits per heavy atom. The molecule has 1 aromatic carbocycles. The van der Waals surface area contributed by atoms with Crippen LogP contribution >= 0.6 is 0 Å². The van der Waals surface area contributed by atoms with Crippen molar-refractivity contribution in [2.45, 2.75) is 58.7 Å². The summed E-state index contributed by atoms with van der Waals surface area (Å²) in [5, 5.41) is 30.3. The number of ketones is 2. The van der Waals surface area contributed by atoms with E-state index in [-0.39, 0.29) is 36.1 Å². The lowest BCUT2D eigenvalue weighted by molar-refractivity contribution is -0.140. The monoisotopic (exact) mass is 500 g/mol. The molecule has 3 rings (SSSR count). The minimum atomic E-state index is -1.31. The molecule has 0 amide bonds. The van der Waals surface area contributed by atoms with Crippen molar-refractivity contribution in [2.75, 3.05) is 13.2 Å². The molecule has 0 saturated carbocycles. The molecule has 0 spiro atoms. The van der Waals surface area contributed by atoms with Gasteiger partial charge in [-0.15, -0.1) is 0 Å². The van der Waals surface area contributed by atoms with Gasteiger partial charge in [0.25, 0.3) is 0 Å². The van der Waals surface area contributed by atoms with Crippen LogP contribution in [0.3, 0.4) is 0 Å². The zero-order chi connectivity index (χ0) is 26.4. The minimum absolute atomic E-state index is 0.111. The second kappa shape index (κ2) is 11.9. The molecule has 0 saturated heterocycles. The number of aliphatic carboxylic acids is 1. The number of hydrogen-bond donors (Lipinski definition) is 3. The lowest BCUT2D eigenvalue weighted by atomic mass is 9.83. The van der Waals surface area contributed by atoms with Gasteiger partial charge in [0.15, 0.2) is 11.6 Å². The van der Waals surface area contributed by atoms with Crippen molar-refractivity contribution in [3.8, 4) is 11.5 Å². The smallest absolute Gasteiger partial charge is 0.371 e. The van der Waals surface area contributed by atoms with Gasteiger partial charge in [-0.1, -0.05) is 32.8 Å². The summed E-state index contributed by atoms with van der Waals surface area (Å²) >= 11 is 0. The number of aliphatic hydroxyl groups excluding tert-OH is 1. The number of fused-ring (bicyclic) bond motifs is 1. The maximum Gasteiger partial charge on any atom is 0.371 e. The molecule has 2 aliphatic rings. The number of rotatable bonds is 12. The van der Waals surface area contributed by atoms with E-state index in [0.717, 1.165) is 12.5 Å². The number of carboxylic acid groups (broad SMARTS) is 1. The highest BCUT2D eigenvalue weighted by Gasteiger charge is 2.39. The fourth-order valence-electron chi connectivity index (χ4n) is 4.28. The molecule has 1 aromatic rings. The molecule has 0 aromatic heterocycles. The maximum atomic E-state index is 12.4. The summed E-state index contributed by atoms with van der Waals surface area (Å²) in [6.07, 6.45) is 4.93. The predicted octanol–water partition coefficient (Wildman–Crippen LogP) is 3.48. The molecule has 1 aliphatic carbocycles. The van der Waals surface area contributed by atoms with E-state index in [9.17, 15) is 29.7 Å². The lowest BCUT2D eigenvalue weighted by Crippen LogP contribution is -2.38. The van der Waals surface area contributed by atoms with Crippen molar-refractivity contribution in [1.29, 1.82) is 0 Å². The van der Waals surface area contributed by atoms with Crippen molar-refractivity contribution >= 4 is 17.5 Å². The molecule has 9 nitrogen and oxygen atoms in total. The van der Waals surface area contributed by atoms with Crippen LogP contribution in [0.15, 0.2) is 47.5 Å². The van der Waals surface area contributed by atoms with Crippen LogP contribution in [0.2, 0.25) is 0 Å². The van der Waals surface area contributed by atoms with E-state index in [2.05, 4.69) is 0 Å². The highest BCUT2D eigenvalue weighted by atomic mass is 16.5. The van der Waals surface area contributed by atoms with Gasteiger partial charge in [-0.05, 0) is 38.0 Å². The summed E-state index contributed by atoms with van der Waals surface area (Å²) in [6.45, 7) is 5.01. The third kappa shape index (κ3) is 5.96. The second-order valence-electron chi connectivity index (χ2n) is 8.80. The fraction of sp³-hybridized carbons (Fsp3) is 0.444. The summed E-state index contributed by atoms with van der Waals surface area (Å²) in [7, 11) is 0. The van der Waals surface area contributed by atoms with Crippen LogP contribution in [-0.4, -0.2) is 58.3 Å². The Bertz CT molecular complexity index is 1110. The van der Waals surface area contributed by atoms with Gasteiger partial charge in [-0.25, -0.2) is 4.79 Å². The third-order valence-electron chi connectivity index (χ3n) is 6.01. The van der Waals surface area contributed by atoms with Crippen LogP contribution in [0.1, 0.15) is 56.0 Å². The van der Waals surface area contributed by atoms with Gasteiger partial charge in [0, 0.05) is 17.2 Å². The first-order valence-corrected chi connectivity index (χ1v) is 12.0. The molecule has 1 aliphatic heterocycles. The summed E-state index contributed by atoms with van der Waals surface area (Å²) in [5.74, 6) is -2.25. The first kappa shape index (κ1) is 27.0. The van der Waals surface area contributed by atoms with Gasteiger partial charge in [0.2, 0.25) is 5.76 Å². The number of hydrogen-bond acceptors (Lipinski definition) is 8. The minimum Gasteiger partial charge on any atom is -0.507 e. The van der Waals surface area contributed by atoms with E-state index in [4.69, 9.17) is 14.2 Å². The number of phenolic OH excluding ortho intramolecular Hbond substituents is 1. The number of carbonyl (C=O) groups excluding carboxylic acids is 2. The Morgan fingerprint density at radius 1 is 1.11 bits per heavy atom. The van der Waals surface area contributed by atoms with Crippen molar-refractivity contribution in [3.05, 3.63) is 58.6 Å². The van der Waals surface area contributed by atoms with E-state index in [1.807, 2.05) is 13.8 Å². The molecular weight excluding hydrogens is 468 g/mol. The molecule has 3 atom stereocenters. The quantitative estimate of drug-likeness (QED) is 0.368. The number of aromatic hydroxyl groups is 1. The van der Waals surface area contributed by atoms with E-state index >= 15 is 0 Å². The van der Waals surface area contributed by atoms with Crippen LogP contribution in [0.4, 0.5) is 0 Å². The Labute approximate surface area is 209 Å². The zero-order valence-electron chi connectivity index (χ0n) is 20.7. The number of allylic oxidation sites excluding steroid dienone is 2. The van der Waals surface area contributed by atoms with Gasteiger partial charge in [0.1, 0.15) is 42.7 Å². The predicted molar refractivity (Wildman–Crippen MR) is 130 cm³/mol. The summed E-state index contributed by atoms with van der Waals surface area (Å²) in [5.41, 5.74) is 1.39. The number of benzene rings is 1. The van der Waals surface area contributed by atoms with Gasteiger partial charge in [0.05, 0.1) is 11.5 Å². The fourth-order valence-corrected chi connectivity index (χ4v) is 4.28. The van der Waals surface area contributed by atoms with Gasteiger partial charge in [-0.2, -0.15) is 0 Å². The van der Waals surface area contributed by atoms with Crippen LogP contribution in [0.25, 0.3) is 0 Å². The average Bonchev–Trinajstić information content (AvgIpc) is 2.83. The Morgan fingerprint density at radius 2 is 1.81 bits per heavy atom. The van der Waals surface area contributed by atoms with Gasteiger partial charge in [-0.3, -0.25) is 9.59 Å². The first-order valence-electron chi connectivity index (χ1n) is 12.0. The number of aliphatic hydroxyl groups is 1. The number of phenols is 1. The maximum absolute atomic E-state index is 12.4. The SMILES string of the molecule is CCCC1=C(OCC(O)COc2ccc(C(C)=O)c(O)c2CCC)C=CC2C(=O)C=C(C(=O)O)OC12. The summed E-state index contributed by atoms with van der Waals surface area (Å²) in [4.78, 5) is 35.5. The molecule has 0 fully saturated rings. The average molecular weight is 501 g/mol. The largest absolute Gasteiger partial charge is 0.507 e. The summed E-state index contributed by atoms with van der Waals surface area (Å²) in [6, 6.07) is 3.09. The van der Waals surface area contributed by atoms with E-state index in [1.54, 1.807) is 18.2 Å². The molecule has 0 bridgehead atoms. The van der Waals surface area contributed by atoms with Crippen molar-refractivity contribution in [1.82, 2.24) is 0 Å². The van der Waals surface area contributed by atoms with Gasteiger partial charge < -0.3 is 29.5 Å². The third-order valence-corrected chi connectivity index (χ3v) is 6.01. The topological polar surface area (TPSA) is 140 Å². The van der Waals surface area contributed by atoms with Crippen molar-refractivity contribution < 1.29 is 43.9 Å². The molecular formula is C27H32O9. The highest BCUT2D eigenvalue weighted by Crippen LogP contribution is 2.36.